The second-order valence-electron chi connectivity index (χ2n) is 5.98. The lowest BCUT2D eigenvalue weighted by atomic mass is 10.1. The molecule has 2 aromatic carbocycles. The number of hydrogen-bond donors (Lipinski definition) is 0. The molecule has 0 aliphatic rings. The molecule has 0 bridgehead atoms. The van der Waals surface area contributed by atoms with Crippen molar-refractivity contribution in [3.63, 3.8) is 0 Å². The van der Waals surface area contributed by atoms with Crippen LogP contribution < -0.4 is 4.74 Å². The van der Waals surface area contributed by atoms with Crippen LogP contribution in [0.15, 0.2) is 42.5 Å². The molecule has 1 amide bonds. The molecule has 0 spiro atoms. The molecule has 1 unspecified atom stereocenters. The molecule has 1 atom stereocenters. The summed E-state index contributed by atoms with van der Waals surface area (Å²) in [5.41, 5.74) is 0.909. The smallest absolute Gasteiger partial charge is 0.311 e. The van der Waals surface area contributed by atoms with E-state index in [0.717, 1.165) is 15.2 Å². The molecular formula is C19H19N3O4S. The number of benzene rings is 2. The monoisotopic (exact) mass is 385 g/mol. The molecular weight excluding hydrogens is 366 g/mol. The summed E-state index contributed by atoms with van der Waals surface area (Å²) in [5, 5.41) is 12.1. The van der Waals surface area contributed by atoms with Gasteiger partial charge in [-0.25, -0.2) is 4.98 Å². The average Bonchev–Trinajstić information content (AvgIpc) is 3.10. The zero-order valence-corrected chi connectivity index (χ0v) is 16.0. The highest BCUT2D eigenvalue weighted by Gasteiger charge is 2.25. The van der Waals surface area contributed by atoms with Crippen LogP contribution in [-0.2, 0) is 0 Å². The molecule has 0 radical (unpaired) electrons. The maximum atomic E-state index is 12.9. The summed E-state index contributed by atoms with van der Waals surface area (Å²) >= 11 is 1.53. The summed E-state index contributed by atoms with van der Waals surface area (Å²) in [5.74, 6) is -0.158. The molecule has 1 heterocycles. The van der Waals surface area contributed by atoms with E-state index in [-0.39, 0.29) is 28.9 Å². The normalized spacial score (nSPS) is 12.0. The second-order valence-corrected chi connectivity index (χ2v) is 7.05. The Balaban J connectivity index is 1.87. The van der Waals surface area contributed by atoms with Crippen LogP contribution in [0.1, 0.15) is 35.3 Å². The number of nitro groups is 1. The van der Waals surface area contributed by atoms with Crippen LogP contribution in [-0.4, -0.2) is 34.4 Å². The van der Waals surface area contributed by atoms with Crippen LogP contribution in [0.3, 0.4) is 0 Å². The van der Waals surface area contributed by atoms with Crippen molar-refractivity contribution >= 4 is 33.1 Å². The Kier molecular flexibility index (Phi) is 5.36. The third-order valence-corrected chi connectivity index (χ3v) is 5.48. The molecule has 0 saturated heterocycles. The molecule has 0 aliphatic carbocycles. The highest BCUT2D eigenvalue weighted by Crippen LogP contribution is 2.31. The SMILES string of the molecule is CCOc1ccc(C(=O)N(C)C(C)c2nc3ccccc3s2)cc1[N+](=O)[O-]. The number of para-hydroxylation sites is 1. The minimum absolute atomic E-state index is 0.154. The Bertz CT molecular complexity index is 969. The number of hydrogen-bond acceptors (Lipinski definition) is 6. The highest BCUT2D eigenvalue weighted by atomic mass is 32.1. The van der Waals surface area contributed by atoms with Crippen molar-refractivity contribution in [1.29, 1.82) is 0 Å². The lowest BCUT2D eigenvalue weighted by Crippen LogP contribution is -2.29. The number of aromatic nitrogens is 1. The van der Waals surface area contributed by atoms with E-state index in [0.29, 0.717) is 6.61 Å². The van der Waals surface area contributed by atoms with Crippen molar-refractivity contribution in [2.75, 3.05) is 13.7 Å². The molecule has 0 fully saturated rings. The number of fused-ring (bicyclic) bond motifs is 1. The number of ether oxygens (including phenoxy) is 1. The summed E-state index contributed by atoms with van der Waals surface area (Å²) in [6.07, 6.45) is 0. The maximum absolute atomic E-state index is 12.9. The van der Waals surface area contributed by atoms with E-state index in [1.165, 1.54) is 28.4 Å². The van der Waals surface area contributed by atoms with Crippen molar-refractivity contribution in [2.24, 2.45) is 0 Å². The predicted molar refractivity (Wildman–Crippen MR) is 104 cm³/mol. The van der Waals surface area contributed by atoms with Crippen molar-refractivity contribution in [1.82, 2.24) is 9.88 Å². The Morgan fingerprint density at radius 3 is 2.74 bits per heavy atom. The highest BCUT2D eigenvalue weighted by molar-refractivity contribution is 7.18. The largest absolute Gasteiger partial charge is 0.487 e. The summed E-state index contributed by atoms with van der Waals surface area (Å²) in [6.45, 7) is 3.94. The van der Waals surface area contributed by atoms with E-state index in [4.69, 9.17) is 4.74 Å². The molecule has 140 valence electrons. The second kappa shape index (κ2) is 7.71. The number of rotatable bonds is 6. The molecule has 8 heteroatoms. The molecule has 0 saturated carbocycles. The lowest BCUT2D eigenvalue weighted by Gasteiger charge is -2.23. The lowest BCUT2D eigenvalue weighted by molar-refractivity contribution is -0.385. The first-order valence-electron chi connectivity index (χ1n) is 8.46. The van der Waals surface area contributed by atoms with Crippen LogP contribution in [0.25, 0.3) is 10.2 Å². The van der Waals surface area contributed by atoms with Gasteiger partial charge in [0.05, 0.1) is 27.8 Å². The number of carbonyl (C=O) groups excluding carboxylic acids is 1. The Hall–Kier alpha value is -3.00. The summed E-state index contributed by atoms with van der Waals surface area (Å²) in [6, 6.07) is 11.8. The van der Waals surface area contributed by atoms with Crippen molar-refractivity contribution < 1.29 is 14.5 Å². The topological polar surface area (TPSA) is 85.6 Å². The number of amides is 1. The first kappa shape index (κ1) is 18.8. The first-order valence-corrected chi connectivity index (χ1v) is 9.28. The van der Waals surface area contributed by atoms with Gasteiger partial charge in [0, 0.05) is 18.7 Å². The first-order chi connectivity index (χ1) is 12.9. The summed E-state index contributed by atoms with van der Waals surface area (Å²) in [4.78, 5) is 29.7. The van der Waals surface area contributed by atoms with Gasteiger partial charge >= 0.3 is 5.69 Å². The van der Waals surface area contributed by atoms with Crippen molar-refractivity contribution in [3.05, 3.63) is 63.1 Å². The summed E-state index contributed by atoms with van der Waals surface area (Å²) in [7, 11) is 1.67. The zero-order valence-electron chi connectivity index (χ0n) is 15.2. The van der Waals surface area contributed by atoms with Gasteiger partial charge in [-0.2, -0.15) is 0 Å². The average molecular weight is 385 g/mol. The third-order valence-electron chi connectivity index (χ3n) is 4.27. The van der Waals surface area contributed by atoms with Gasteiger partial charge in [0.15, 0.2) is 5.75 Å². The van der Waals surface area contributed by atoms with Gasteiger partial charge in [0.25, 0.3) is 5.91 Å². The van der Waals surface area contributed by atoms with Crippen LogP contribution in [0.5, 0.6) is 5.75 Å². The Morgan fingerprint density at radius 2 is 2.07 bits per heavy atom. The van der Waals surface area contributed by atoms with E-state index in [1.54, 1.807) is 20.0 Å². The van der Waals surface area contributed by atoms with Crippen molar-refractivity contribution in [3.8, 4) is 5.75 Å². The molecule has 7 nitrogen and oxygen atoms in total. The van der Waals surface area contributed by atoms with Gasteiger partial charge in [-0.1, -0.05) is 12.1 Å². The van der Waals surface area contributed by atoms with Crippen LogP contribution >= 0.6 is 11.3 Å². The van der Waals surface area contributed by atoms with Gasteiger partial charge in [-0.15, -0.1) is 11.3 Å². The molecule has 3 aromatic rings. The van der Waals surface area contributed by atoms with Gasteiger partial charge in [0.1, 0.15) is 5.01 Å². The van der Waals surface area contributed by atoms with Gasteiger partial charge in [0.2, 0.25) is 0 Å². The van der Waals surface area contributed by atoms with E-state index >= 15 is 0 Å². The van der Waals surface area contributed by atoms with Crippen molar-refractivity contribution in [2.45, 2.75) is 19.9 Å². The van der Waals surface area contributed by atoms with Crippen LogP contribution in [0.2, 0.25) is 0 Å². The molecule has 27 heavy (non-hydrogen) atoms. The maximum Gasteiger partial charge on any atom is 0.311 e. The molecule has 0 aliphatic heterocycles. The molecule has 0 N–H and O–H groups in total. The van der Waals surface area contributed by atoms with Gasteiger partial charge < -0.3 is 9.64 Å². The standard InChI is InChI=1S/C19H19N3O4S/c1-4-26-16-10-9-13(11-15(16)22(24)25)19(23)21(3)12(2)18-20-14-7-5-6-8-17(14)27-18/h5-12H,4H2,1-3H3. The third kappa shape index (κ3) is 3.75. The van der Waals surface area contributed by atoms with E-state index in [9.17, 15) is 14.9 Å². The molecule has 1 aromatic heterocycles. The minimum atomic E-state index is -0.543. The quantitative estimate of drug-likeness (QED) is 0.463. The van der Waals surface area contributed by atoms with Gasteiger partial charge in [-0.05, 0) is 38.1 Å². The van der Waals surface area contributed by atoms with Gasteiger partial charge in [-0.3, -0.25) is 14.9 Å². The molecule has 3 rings (SSSR count). The van der Waals surface area contributed by atoms with E-state index in [1.807, 2.05) is 31.2 Å². The van der Waals surface area contributed by atoms with E-state index in [2.05, 4.69) is 4.98 Å². The fourth-order valence-electron chi connectivity index (χ4n) is 2.68. The zero-order chi connectivity index (χ0) is 19.6. The number of nitrogens with zero attached hydrogens (tertiary/aromatic N) is 3. The number of carbonyl (C=O) groups is 1. The number of nitro benzene ring substituents is 1. The number of thiazole rings is 1. The minimum Gasteiger partial charge on any atom is -0.487 e. The fourth-order valence-corrected chi connectivity index (χ4v) is 3.75. The van der Waals surface area contributed by atoms with Crippen LogP contribution in [0.4, 0.5) is 5.69 Å². The Morgan fingerprint density at radius 1 is 1.33 bits per heavy atom. The van der Waals surface area contributed by atoms with Crippen LogP contribution in [0, 0.1) is 10.1 Å². The predicted octanol–water partition coefficient (Wildman–Crippen LogP) is 4.44. The Labute approximate surface area is 160 Å². The van der Waals surface area contributed by atoms with E-state index < -0.39 is 4.92 Å². The fraction of sp³-hybridized carbons (Fsp3) is 0.263. The summed E-state index contributed by atoms with van der Waals surface area (Å²) < 4.78 is 6.32.